The minimum atomic E-state index is -4.24. The zero-order valence-corrected chi connectivity index (χ0v) is 15.7. The SMILES string of the molecule is CCCC[CH]([K])CCCCCCCOS(=O)(=O)O. The maximum atomic E-state index is 10.3. The Balaban J connectivity index is 3.21. The van der Waals surface area contributed by atoms with Gasteiger partial charge < -0.3 is 0 Å². The van der Waals surface area contributed by atoms with E-state index in [-0.39, 0.29) is 6.61 Å². The molecule has 0 aliphatic heterocycles. The molecular weight excluding hydrogens is 279 g/mol. The fourth-order valence-corrected chi connectivity index (χ4v) is 3.59. The molecule has 104 valence electrons. The first-order chi connectivity index (χ1) is 8.45. The van der Waals surface area contributed by atoms with Crippen molar-refractivity contribution in [2.45, 2.75) is 64.7 Å². The van der Waals surface area contributed by atoms with Gasteiger partial charge in [0, 0.05) is 0 Å². The van der Waals surface area contributed by atoms with Crippen molar-refractivity contribution in [1.29, 1.82) is 0 Å². The van der Waals surface area contributed by atoms with Gasteiger partial charge in [-0.3, -0.25) is 0 Å². The third-order valence-corrected chi connectivity index (χ3v) is 5.39. The monoisotopic (exact) mass is 304 g/mol. The standard InChI is InChI=1S/C12H25O4S.K/c1-2-3-4-5-6-7-8-9-10-11-12-16-17(13,14)15;/h5H,2-4,6-12H2,1H3,(H,13,14,15);. The Morgan fingerprint density at radius 2 is 1.61 bits per heavy atom. The molecule has 0 radical (unpaired) electrons. The molecule has 0 bridgehead atoms. The van der Waals surface area contributed by atoms with Crippen LogP contribution in [0.15, 0.2) is 0 Å². The van der Waals surface area contributed by atoms with E-state index in [1.165, 1.54) is 38.5 Å². The van der Waals surface area contributed by atoms with Crippen LogP contribution in [0.1, 0.15) is 64.7 Å². The van der Waals surface area contributed by atoms with E-state index in [0.29, 0.717) is 6.42 Å². The van der Waals surface area contributed by atoms with E-state index in [4.69, 9.17) is 4.55 Å². The van der Waals surface area contributed by atoms with Gasteiger partial charge in [0.15, 0.2) is 0 Å². The molecule has 0 saturated heterocycles. The van der Waals surface area contributed by atoms with Gasteiger partial charge >= 0.3 is 148 Å². The van der Waals surface area contributed by atoms with E-state index in [1.807, 2.05) is 0 Å². The molecule has 0 aliphatic rings. The Bertz CT molecular complexity index is 280. The molecule has 0 rings (SSSR count). The van der Waals surface area contributed by atoms with Crippen LogP contribution in [-0.2, 0) is 14.6 Å². The summed E-state index contributed by atoms with van der Waals surface area (Å²) >= 11 is 0.950. The molecule has 1 unspecified atom stereocenters. The van der Waals surface area contributed by atoms with Gasteiger partial charge in [-0.15, -0.1) is 0 Å². The normalized spacial score (nSPS) is 13.8. The van der Waals surface area contributed by atoms with Gasteiger partial charge in [0.2, 0.25) is 0 Å². The minimum absolute atomic E-state index is 0.0983. The summed E-state index contributed by atoms with van der Waals surface area (Å²) in [6.07, 6.45) is 10.8. The molecule has 0 aromatic rings. The van der Waals surface area contributed by atoms with E-state index in [1.54, 1.807) is 0 Å². The average Bonchev–Trinajstić information content (AvgIpc) is 2.28. The van der Waals surface area contributed by atoms with Crippen LogP contribution in [0.5, 0.6) is 0 Å². The molecular formula is C12H25KO4S. The van der Waals surface area contributed by atoms with Crippen LogP contribution in [0, 0.1) is 0 Å². The Morgan fingerprint density at radius 1 is 1.06 bits per heavy atom. The predicted molar refractivity (Wildman–Crippen MR) is 74.2 cm³/mol. The second-order valence-electron chi connectivity index (χ2n) is 5.05. The van der Waals surface area contributed by atoms with Crippen LogP contribution in [0.2, 0.25) is 0.0125 Å². The average molecular weight is 304 g/mol. The van der Waals surface area contributed by atoms with Crippen LogP contribution in [-0.4, -0.2) is 68.5 Å². The van der Waals surface area contributed by atoms with Crippen molar-refractivity contribution in [2.75, 3.05) is 6.61 Å². The van der Waals surface area contributed by atoms with Crippen molar-refractivity contribution < 1.29 is 17.2 Å². The first kappa shape index (κ1) is 19.5. The zero-order valence-electron chi connectivity index (χ0n) is 11.7. The van der Waals surface area contributed by atoms with Crippen LogP contribution < -0.4 is 0 Å². The topological polar surface area (TPSA) is 63.6 Å². The summed E-state index contributed by atoms with van der Waals surface area (Å²) in [6, 6.07) is 0. The second kappa shape index (κ2) is 12.3. The summed E-state index contributed by atoms with van der Waals surface area (Å²) in [4.78, 5) is 0. The number of hydrogen-bond acceptors (Lipinski definition) is 3. The van der Waals surface area contributed by atoms with E-state index >= 15 is 0 Å². The molecule has 0 aromatic carbocycles. The summed E-state index contributed by atoms with van der Waals surface area (Å²) in [5, 5.41) is 0. The summed E-state index contributed by atoms with van der Waals surface area (Å²) in [5.74, 6) is 0. The Morgan fingerprint density at radius 3 is 2.22 bits per heavy atom. The number of rotatable bonds is 12. The van der Waals surface area contributed by atoms with Gasteiger partial charge in [-0.2, -0.15) is 0 Å². The Hall–Kier alpha value is 1.51. The molecule has 0 aliphatic carbocycles. The maximum absolute atomic E-state index is 10.3. The van der Waals surface area contributed by atoms with E-state index in [0.717, 1.165) is 61.8 Å². The first-order valence-electron chi connectivity index (χ1n) is 7.07. The van der Waals surface area contributed by atoms with Crippen molar-refractivity contribution >= 4 is 59.4 Å². The van der Waals surface area contributed by atoms with E-state index in [2.05, 4.69) is 11.1 Å². The first-order valence-corrected chi connectivity index (χ1v) is 10.2. The van der Waals surface area contributed by atoms with E-state index in [9.17, 15) is 8.42 Å². The molecule has 1 N–H and O–H groups in total. The van der Waals surface area contributed by atoms with Gasteiger partial charge in [0.25, 0.3) is 0 Å². The quantitative estimate of drug-likeness (QED) is 0.341. The van der Waals surface area contributed by atoms with Gasteiger partial charge in [-0.25, -0.2) is 0 Å². The van der Waals surface area contributed by atoms with Crippen LogP contribution in [0.4, 0.5) is 0 Å². The van der Waals surface area contributed by atoms with Gasteiger partial charge in [0.1, 0.15) is 0 Å². The van der Waals surface area contributed by atoms with Gasteiger partial charge in [0.05, 0.1) is 0 Å². The van der Waals surface area contributed by atoms with Crippen molar-refractivity contribution in [1.82, 2.24) is 0 Å². The summed E-state index contributed by atoms with van der Waals surface area (Å²) in [5.41, 5.74) is 0. The molecule has 0 heterocycles. The molecule has 6 heteroatoms. The molecule has 0 spiro atoms. The molecule has 0 aromatic heterocycles. The van der Waals surface area contributed by atoms with Gasteiger partial charge in [-0.1, -0.05) is 0 Å². The van der Waals surface area contributed by atoms with Gasteiger partial charge in [-0.05, 0) is 0 Å². The van der Waals surface area contributed by atoms with Crippen molar-refractivity contribution in [3.05, 3.63) is 0 Å². The fraction of sp³-hybridized carbons (Fsp3) is 1.00. The summed E-state index contributed by atoms with van der Waals surface area (Å²) in [7, 11) is -4.24. The van der Waals surface area contributed by atoms with Crippen LogP contribution >= 0.6 is 0 Å². The molecule has 0 fully saturated rings. The fourth-order valence-electron chi connectivity index (χ4n) is 1.99. The number of hydrogen-bond donors (Lipinski definition) is 1. The predicted octanol–water partition coefficient (Wildman–Crippen LogP) is 3.29. The van der Waals surface area contributed by atoms with Crippen molar-refractivity contribution in [3.63, 3.8) is 0 Å². The zero-order chi connectivity index (χ0) is 13.9. The summed E-state index contributed by atoms with van der Waals surface area (Å²) < 4.78 is 34.1. The third kappa shape index (κ3) is 15.6. The summed E-state index contributed by atoms with van der Waals surface area (Å²) in [6.45, 7) is 2.34. The Labute approximate surface area is 146 Å². The van der Waals surface area contributed by atoms with Crippen LogP contribution in [0.25, 0.3) is 0 Å². The molecule has 0 amide bonds. The molecule has 1 atom stereocenters. The number of unbranched alkanes of at least 4 members (excludes halogenated alkanes) is 5. The third-order valence-electron chi connectivity index (χ3n) is 3.12. The van der Waals surface area contributed by atoms with Crippen LogP contribution in [0.3, 0.4) is 0 Å². The van der Waals surface area contributed by atoms with Crippen molar-refractivity contribution in [2.24, 2.45) is 0 Å². The van der Waals surface area contributed by atoms with Crippen molar-refractivity contribution in [3.8, 4) is 0 Å². The molecule has 0 saturated carbocycles. The van der Waals surface area contributed by atoms with E-state index < -0.39 is 10.4 Å². The second-order valence-corrected chi connectivity index (χ2v) is 8.69. The molecule has 4 nitrogen and oxygen atoms in total. The molecule has 18 heavy (non-hydrogen) atoms. The Kier molecular flexibility index (Phi) is 13.3.